The Hall–Kier alpha value is -4.89. The Kier molecular flexibility index (Phi) is 26.1. The van der Waals surface area contributed by atoms with Gasteiger partial charge in [0.05, 0.1) is 6.04 Å². The van der Waals surface area contributed by atoms with Crippen LogP contribution in [-0.2, 0) is 43.2 Å². The maximum atomic E-state index is 13.8. The lowest BCUT2D eigenvalue weighted by Gasteiger charge is -2.28. The van der Waals surface area contributed by atoms with Crippen LogP contribution in [-0.4, -0.2) is 119 Å². The topological polar surface area (TPSA) is 370 Å². The van der Waals surface area contributed by atoms with Gasteiger partial charge in [-0.2, -0.15) is 0 Å². The van der Waals surface area contributed by atoms with Crippen molar-refractivity contribution in [3.63, 3.8) is 0 Å². The van der Waals surface area contributed by atoms with Crippen molar-refractivity contribution in [2.75, 3.05) is 13.1 Å². The van der Waals surface area contributed by atoms with Gasteiger partial charge in [-0.05, 0) is 96.1 Å². The van der Waals surface area contributed by atoms with Crippen LogP contribution in [0.1, 0.15) is 112 Å². The van der Waals surface area contributed by atoms with Gasteiger partial charge in [0.1, 0.15) is 36.3 Å². The monoisotopic (exact) mass is 829 g/mol. The van der Waals surface area contributed by atoms with E-state index in [1.807, 2.05) is 13.8 Å². The summed E-state index contributed by atoms with van der Waals surface area (Å²) in [5, 5.41) is 34.1. The molecule has 0 spiro atoms. The summed E-state index contributed by atoms with van der Waals surface area (Å²) in [5.74, 6) is -8.26. The number of unbranched alkanes of at least 4 members (excludes halogenated alkanes) is 2. The van der Waals surface area contributed by atoms with Crippen LogP contribution in [0.25, 0.3) is 0 Å². The Morgan fingerprint density at radius 3 is 1.29 bits per heavy atom. The lowest BCUT2D eigenvalue weighted by molar-refractivity contribution is -0.143. The summed E-state index contributed by atoms with van der Waals surface area (Å²) in [7, 11) is 0. The van der Waals surface area contributed by atoms with E-state index in [1.165, 1.54) is 6.92 Å². The SMILES string of the molecule is CC(C)CC(N)C(=O)NC(C)C(=O)NC(CCCCN)C(=O)NC(CCC(=O)O)C(=O)NC(CCCCN)C(=O)NC(CC(C)C)C(=O)NC(CCC(N)=O)C(=O)O. The molecule has 0 heterocycles. The van der Waals surface area contributed by atoms with Gasteiger partial charge < -0.3 is 65.0 Å². The van der Waals surface area contributed by atoms with E-state index in [-0.39, 0.29) is 57.0 Å². The first-order valence-electron chi connectivity index (χ1n) is 19.8. The number of carboxylic acid groups (broad SMARTS) is 2. The number of carbonyl (C=O) groups excluding carboxylic acids is 7. The van der Waals surface area contributed by atoms with Gasteiger partial charge >= 0.3 is 11.9 Å². The molecule has 0 aromatic heterocycles. The zero-order valence-corrected chi connectivity index (χ0v) is 34.5. The summed E-state index contributed by atoms with van der Waals surface area (Å²) in [5.41, 5.74) is 22.4. The number of nitrogens with two attached hydrogens (primary N) is 4. The molecule has 0 aliphatic rings. The van der Waals surface area contributed by atoms with Crippen LogP contribution in [0.4, 0.5) is 0 Å². The highest BCUT2D eigenvalue weighted by Gasteiger charge is 2.33. The summed E-state index contributed by atoms with van der Waals surface area (Å²) < 4.78 is 0. The molecule has 0 aliphatic carbocycles. The van der Waals surface area contributed by atoms with Crippen molar-refractivity contribution < 1.29 is 53.4 Å². The number of amides is 7. The molecular formula is C37H68N10O11. The number of hydrogen-bond acceptors (Lipinski definition) is 12. The normalized spacial score (nSPS) is 14.8. The predicted molar refractivity (Wildman–Crippen MR) is 213 cm³/mol. The Morgan fingerprint density at radius 1 is 0.483 bits per heavy atom. The van der Waals surface area contributed by atoms with E-state index in [4.69, 9.17) is 22.9 Å². The fourth-order valence-corrected chi connectivity index (χ4v) is 5.69. The standard InChI is InChI=1S/C37H68N10O11/c1-20(2)18-23(40)32(52)42-22(5)31(51)43-24(10-6-8-16-38)33(53)45-26(13-15-30(49)50)35(55)44-25(11-7-9-17-39)34(54)47-28(19-21(3)4)36(56)46-27(37(57)58)12-14-29(41)48/h20-28H,6-19,38-40H2,1-5H3,(H2,41,48)(H,42,52)(H,43,51)(H,44,55)(H,45,53)(H,46,56)(H,47,54)(H,49,50)(H,57,58). The average molecular weight is 829 g/mol. The van der Waals surface area contributed by atoms with Gasteiger partial charge in [-0.1, -0.05) is 27.7 Å². The van der Waals surface area contributed by atoms with E-state index in [0.717, 1.165) is 0 Å². The van der Waals surface area contributed by atoms with Crippen LogP contribution >= 0.6 is 0 Å². The molecule has 0 fully saturated rings. The minimum absolute atomic E-state index is 0.0168. The molecule has 0 bridgehead atoms. The van der Waals surface area contributed by atoms with Crippen molar-refractivity contribution in [3.8, 4) is 0 Å². The lowest BCUT2D eigenvalue weighted by Crippen LogP contribution is -2.59. The van der Waals surface area contributed by atoms with Crippen LogP contribution < -0.4 is 54.8 Å². The number of nitrogens with one attached hydrogen (secondary N) is 6. The highest BCUT2D eigenvalue weighted by atomic mass is 16.4. The van der Waals surface area contributed by atoms with E-state index < -0.39 is 108 Å². The molecule has 0 rings (SSSR count). The smallest absolute Gasteiger partial charge is 0.326 e. The quantitative estimate of drug-likeness (QED) is 0.0331. The first-order valence-corrected chi connectivity index (χ1v) is 19.8. The van der Waals surface area contributed by atoms with Gasteiger partial charge in [-0.3, -0.25) is 38.4 Å². The second kappa shape index (κ2) is 28.5. The third-order valence-corrected chi connectivity index (χ3v) is 8.89. The minimum atomic E-state index is -1.51. The van der Waals surface area contributed by atoms with E-state index in [1.54, 1.807) is 13.8 Å². The number of rotatable bonds is 31. The molecule has 7 amide bonds. The number of carbonyl (C=O) groups is 9. The van der Waals surface area contributed by atoms with Crippen LogP contribution in [0.5, 0.6) is 0 Å². The van der Waals surface area contributed by atoms with Gasteiger partial charge in [-0.15, -0.1) is 0 Å². The van der Waals surface area contributed by atoms with Crippen LogP contribution in [0.15, 0.2) is 0 Å². The molecule has 0 saturated carbocycles. The Morgan fingerprint density at radius 2 is 0.879 bits per heavy atom. The number of hydrogen-bond donors (Lipinski definition) is 12. The minimum Gasteiger partial charge on any atom is -0.481 e. The number of primary amides is 1. The van der Waals surface area contributed by atoms with Crippen LogP contribution in [0, 0.1) is 11.8 Å². The van der Waals surface area contributed by atoms with Gasteiger partial charge in [0.25, 0.3) is 0 Å². The fraction of sp³-hybridized carbons (Fsp3) is 0.757. The third kappa shape index (κ3) is 22.7. The van der Waals surface area contributed by atoms with E-state index in [0.29, 0.717) is 32.1 Å². The lowest BCUT2D eigenvalue weighted by atomic mass is 10.0. The predicted octanol–water partition coefficient (Wildman–Crippen LogP) is -2.19. The first kappa shape index (κ1) is 53.1. The van der Waals surface area contributed by atoms with Crippen molar-refractivity contribution in [2.24, 2.45) is 34.8 Å². The van der Waals surface area contributed by atoms with Gasteiger partial charge in [0.15, 0.2) is 0 Å². The summed E-state index contributed by atoms with van der Waals surface area (Å²) >= 11 is 0. The van der Waals surface area contributed by atoms with Crippen molar-refractivity contribution in [2.45, 2.75) is 154 Å². The molecule has 21 heteroatoms. The molecule has 0 saturated heterocycles. The number of carboxylic acids is 2. The molecule has 7 unspecified atom stereocenters. The van der Waals surface area contributed by atoms with Gasteiger partial charge in [0, 0.05) is 12.8 Å². The Labute approximate surface area is 340 Å². The van der Waals surface area contributed by atoms with E-state index >= 15 is 0 Å². The molecule has 58 heavy (non-hydrogen) atoms. The summed E-state index contributed by atoms with van der Waals surface area (Å²) in [4.78, 5) is 115. The molecule has 7 atom stereocenters. The van der Waals surface area contributed by atoms with E-state index in [9.17, 15) is 53.4 Å². The van der Waals surface area contributed by atoms with Crippen molar-refractivity contribution in [1.82, 2.24) is 31.9 Å². The Bertz CT molecular complexity index is 1380. The van der Waals surface area contributed by atoms with Crippen LogP contribution in [0.3, 0.4) is 0 Å². The van der Waals surface area contributed by atoms with Gasteiger partial charge in [0.2, 0.25) is 41.4 Å². The molecule has 0 aromatic carbocycles. The fourth-order valence-electron chi connectivity index (χ4n) is 5.69. The maximum Gasteiger partial charge on any atom is 0.326 e. The van der Waals surface area contributed by atoms with Crippen molar-refractivity contribution >= 4 is 53.3 Å². The maximum absolute atomic E-state index is 13.8. The van der Waals surface area contributed by atoms with Gasteiger partial charge in [-0.25, -0.2) is 4.79 Å². The zero-order valence-electron chi connectivity index (χ0n) is 34.5. The largest absolute Gasteiger partial charge is 0.481 e. The summed E-state index contributed by atoms with van der Waals surface area (Å²) in [6.45, 7) is 9.24. The molecule has 332 valence electrons. The van der Waals surface area contributed by atoms with Crippen LogP contribution in [0.2, 0.25) is 0 Å². The van der Waals surface area contributed by atoms with Crippen molar-refractivity contribution in [1.29, 1.82) is 0 Å². The molecule has 21 nitrogen and oxygen atoms in total. The Balaban J connectivity index is 6.33. The zero-order chi connectivity index (χ0) is 44.5. The highest BCUT2D eigenvalue weighted by molar-refractivity contribution is 5.97. The van der Waals surface area contributed by atoms with E-state index in [2.05, 4.69) is 31.9 Å². The number of aliphatic carboxylic acids is 2. The first-order chi connectivity index (χ1) is 27.1. The third-order valence-electron chi connectivity index (χ3n) is 8.89. The van der Waals surface area contributed by atoms with Crippen molar-refractivity contribution in [3.05, 3.63) is 0 Å². The molecule has 16 N–H and O–H groups in total. The summed E-state index contributed by atoms with van der Waals surface area (Å²) in [6.07, 6.45) is 0.589. The summed E-state index contributed by atoms with van der Waals surface area (Å²) in [6, 6.07) is -8.77. The average Bonchev–Trinajstić information content (AvgIpc) is 3.12. The molecule has 0 radical (unpaired) electrons. The molecule has 0 aromatic rings. The highest BCUT2D eigenvalue weighted by Crippen LogP contribution is 2.11. The molecule has 0 aliphatic heterocycles. The second-order valence-corrected chi connectivity index (χ2v) is 15.2. The molecular weight excluding hydrogens is 760 g/mol. The second-order valence-electron chi connectivity index (χ2n) is 15.2.